The zero-order valence-electron chi connectivity index (χ0n) is 6.94. The van der Waals surface area contributed by atoms with Crippen LogP contribution in [-0.4, -0.2) is 28.3 Å². The number of carboxylic acid groups (broad SMARTS) is 1. The van der Waals surface area contributed by atoms with Gasteiger partial charge in [-0.1, -0.05) is 12.8 Å². The molecule has 3 atom stereocenters. The first-order valence-electron chi connectivity index (χ1n) is 4.29. The van der Waals surface area contributed by atoms with Gasteiger partial charge >= 0.3 is 5.97 Å². The average molecular weight is 173 g/mol. The van der Waals surface area contributed by atoms with Crippen LogP contribution in [-0.2, 0) is 4.79 Å². The summed E-state index contributed by atoms with van der Waals surface area (Å²) >= 11 is 0. The molecular formula is C8H15NO3. The van der Waals surface area contributed by atoms with Crippen LogP contribution in [0.5, 0.6) is 0 Å². The van der Waals surface area contributed by atoms with Crippen molar-refractivity contribution < 1.29 is 15.0 Å². The lowest BCUT2D eigenvalue weighted by atomic mass is 9.82. The summed E-state index contributed by atoms with van der Waals surface area (Å²) in [6.07, 6.45) is 2.84. The summed E-state index contributed by atoms with van der Waals surface area (Å²) in [5.74, 6) is -1.27. The summed E-state index contributed by atoms with van der Waals surface area (Å²) in [5, 5.41) is 18.1. The van der Waals surface area contributed by atoms with Crippen molar-refractivity contribution in [3.63, 3.8) is 0 Å². The van der Waals surface area contributed by atoms with Crippen LogP contribution in [0.4, 0.5) is 0 Å². The van der Waals surface area contributed by atoms with Gasteiger partial charge in [0.25, 0.3) is 0 Å². The van der Waals surface area contributed by atoms with E-state index < -0.39 is 18.1 Å². The highest BCUT2D eigenvalue weighted by Gasteiger charge is 2.32. The zero-order valence-corrected chi connectivity index (χ0v) is 6.94. The Morgan fingerprint density at radius 1 is 1.42 bits per heavy atom. The standard InChI is InChI=1S/C8H15NO3/c9-7(8(11)12)5-3-1-2-4-6(5)10/h5-7,10H,1-4,9H2,(H,11,12)/t5-,6+,7+/m1/s1. The predicted molar refractivity (Wildman–Crippen MR) is 43.6 cm³/mol. The topological polar surface area (TPSA) is 83.6 Å². The molecule has 0 aromatic heterocycles. The maximum absolute atomic E-state index is 10.5. The Labute approximate surface area is 71.4 Å². The molecule has 0 radical (unpaired) electrons. The molecule has 0 spiro atoms. The number of carboxylic acids is 1. The van der Waals surface area contributed by atoms with E-state index in [1.807, 2.05) is 0 Å². The Hall–Kier alpha value is -0.610. The van der Waals surface area contributed by atoms with Crippen LogP contribution >= 0.6 is 0 Å². The molecule has 0 amide bonds. The van der Waals surface area contributed by atoms with E-state index in [-0.39, 0.29) is 5.92 Å². The first-order chi connectivity index (χ1) is 5.63. The normalized spacial score (nSPS) is 32.8. The Morgan fingerprint density at radius 2 is 2.00 bits per heavy atom. The van der Waals surface area contributed by atoms with Crippen molar-refractivity contribution >= 4 is 5.97 Å². The number of aliphatic hydroxyl groups excluding tert-OH is 1. The molecule has 1 fully saturated rings. The molecule has 1 aliphatic carbocycles. The third-order valence-electron chi connectivity index (χ3n) is 2.53. The van der Waals surface area contributed by atoms with Gasteiger partial charge in [0, 0.05) is 5.92 Å². The highest BCUT2D eigenvalue weighted by molar-refractivity contribution is 5.73. The average Bonchev–Trinajstić information content (AvgIpc) is 2.04. The van der Waals surface area contributed by atoms with Crippen LogP contribution < -0.4 is 5.73 Å². The molecule has 0 saturated heterocycles. The molecule has 4 nitrogen and oxygen atoms in total. The SMILES string of the molecule is N[C@H](C(=O)O)[C@@H]1CCCC[C@@H]1O. The second-order valence-electron chi connectivity index (χ2n) is 3.38. The van der Waals surface area contributed by atoms with Crippen LogP contribution in [0.2, 0.25) is 0 Å². The van der Waals surface area contributed by atoms with Gasteiger partial charge in [-0.05, 0) is 12.8 Å². The monoisotopic (exact) mass is 173 g/mol. The fraction of sp³-hybridized carbons (Fsp3) is 0.875. The number of nitrogens with two attached hydrogens (primary N) is 1. The maximum Gasteiger partial charge on any atom is 0.320 e. The molecule has 0 aromatic rings. The zero-order chi connectivity index (χ0) is 9.14. The summed E-state index contributed by atoms with van der Waals surface area (Å²) in [7, 11) is 0. The van der Waals surface area contributed by atoms with Gasteiger partial charge in [0.05, 0.1) is 6.10 Å². The minimum absolute atomic E-state index is 0.253. The Morgan fingerprint density at radius 3 is 2.50 bits per heavy atom. The quantitative estimate of drug-likeness (QED) is 0.546. The van der Waals surface area contributed by atoms with E-state index in [1.54, 1.807) is 0 Å². The molecule has 0 unspecified atom stereocenters. The van der Waals surface area contributed by atoms with Gasteiger partial charge in [-0.25, -0.2) is 0 Å². The van der Waals surface area contributed by atoms with Gasteiger partial charge in [0.2, 0.25) is 0 Å². The minimum Gasteiger partial charge on any atom is -0.480 e. The smallest absolute Gasteiger partial charge is 0.320 e. The van der Waals surface area contributed by atoms with Gasteiger partial charge in [-0.3, -0.25) is 4.79 Å². The second-order valence-corrected chi connectivity index (χ2v) is 3.38. The van der Waals surface area contributed by atoms with Gasteiger partial charge in [-0.2, -0.15) is 0 Å². The van der Waals surface area contributed by atoms with Gasteiger partial charge < -0.3 is 15.9 Å². The lowest BCUT2D eigenvalue weighted by Crippen LogP contribution is -2.45. The third-order valence-corrected chi connectivity index (χ3v) is 2.53. The van der Waals surface area contributed by atoms with E-state index in [1.165, 1.54) is 0 Å². The fourth-order valence-electron chi connectivity index (χ4n) is 1.74. The number of hydrogen-bond acceptors (Lipinski definition) is 3. The van der Waals surface area contributed by atoms with Gasteiger partial charge in [0.1, 0.15) is 6.04 Å². The molecule has 4 heteroatoms. The predicted octanol–water partition coefficient (Wildman–Crippen LogP) is -0.0506. The van der Waals surface area contributed by atoms with Crippen molar-refractivity contribution in [3.05, 3.63) is 0 Å². The molecule has 1 aliphatic rings. The van der Waals surface area contributed by atoms with E-state index in [0.29, 0.717) is 6.42 Å². The number of hydrogen-bond donors (Lipinski definition) is 3. The molecule has 1 saturated carbocycles. The van der Waals surface area contributed by atoms with Crippen molar-refractivity contribution in [2.45, 2.75) is 37.8 Å². The molecule has 1 rings (SSSR count). The van der Waals surface area contributed by atoms with Gasteiger partial charge in [-0.15, -0.1) is 0 Å². The van der Waals surface area contributed by atoms with Gasteiger partial charge in [0.15, 0.2) is 0 Å². The molecule has 12 heavy (non-hydrogen) atoms. The van der Waals surface area contributed by atoms with Crippen LogP contribution in [0.1, 0.15) is 25.7 Å². The van der Waals surface area contributed by atoms with Crippen molar-refractivity contribution in [1.29, 1.82) is 0 Å². The first-order valence-corrected chi connectivity index (χ1v) is 4.29. The number of aliphatic carboxylic acids is 1. The summed E-state index contributed by atoms with van der Waals surface area (Å²) in [5.41, 5.74) is 5.42. The molecule has 0 heterocycles. The van der Waals surface area contributed by atoms with E-state index >= 15 is 0 Å². The summed E-state index contributed by atoms with van der Waals surface area (Å²) in [6.45, 7) is 0. The third kappa shape index (κ3) is 1.95. The lowest BCUT2D eigenvalue weighted by Gasteiger charge is -2.29. The van der Waals surface area contributed by atoms with Crippen LogP contribution in [0, 0.1) is 5.92 Å². The molecule has 0 bridgehead atoms. The van der Waals surface area contributed by atoms with Crippen LogP contribution in [0.15, 0.2) is 0 Å². The molecular weight excluding hydrogens is 158 g/mol. The fourth-order valence-corrected chi connectivity index (χ4v) is 1.74. The highest BCUT2D eigenvalue weighted by atomic mass is 16.4. The highest BCUT2D eigenvalue weighted by Crippen LogP contribution is 2.26. The van der Waals surface area contributed by atoms with Crippen molar-refractivity contribution in [1.82, 2.24) is 0 Å². The largest absolute Gasteiger partial charge is 0.480 e. The van der Waals surface area contributed by atoms with E-state index in [0.717, 1.165) is 19.3 Å². The summed E-state index contributed by atoms with van der Waals surface area (Å²) < 4.78 is 0. The number of carbonyl (C=O) groups is 1. The minimum atomic E-state index is -1.01. The maximum atomic E-state index is 10.5. The molecule has 0 aliphatic heterocycles. The van der Waals surface area contributed by atoms with Crippen molar-refractivity contribution in [2.75, 3.05) is 0 Å². The first kappa shape index (κ1) is 9.48. The molecule has 70 valence electrons. The summed E-state index contributed by atoms with van der Waals surface area (Å²) in [6, 6.07) is -0.903. The Balaban J connectivity index is 2.53. The van der Waals surface area contributed by atoms with Crippen LogP contribution in [0.3, 0.4) is 0 Å². The van der Waals surface area contributed by atoms with Crippen LogP contribution in [0.25, 0.3) is 0 Å². The summed E-state index contributed by atoms with van der Waals surface area (Å²) in [4.78, 5) is 10.5. The molecule has 0 aromatic carbocycles. The molecule has 4 N–H and O–H groups in total. The van der Waals surface area contributed by atoms with E-state index in [9.17, 15) is 9.90 Å². The number of aliphatic hydroxyl groups is 1. The van der Waals surface area contributed by atoms with Crippen molar-refractivity contribution in [2.24, 2.45) is 11.7 Å². The van der Waals surface area contributed by atoms with E-state index in [2.05, 4.69) is 0 Å². The Kier molecular flexibility index (Phi) is 3.05. The lowest BCUT2D eigenvalue weighted by molar-refractivity contribution is -0.141. The second kappa shape index (κ2) is 3.87. The van der Waals surface area contributed by atoms with E-state index in [4.69, 9.17) is 10.8 Å². The van der Waals surface area contributed by atoms with Crippen molar-refractivity contribution in [3.8, 4) is 0 Å². The Bertz CT molecular complexity index is 172. The number of rotatable bonds is 2.